The molecule has 1 heterocycles. The van der Waals surface area contributed by atoms with E-state index in [9.17, 15) is 5.11 Å². The third-order valence-corrected chi connectivity index (χ3v) is 3.77. The number of benzene rings is 1. The van der Waals surface area contributed by atoms with E-state index in [1.165, 1.54) is 0 Å². The Morgan fingerprint density at radius 3 is 2.84 bits per heavy atom. The Balaban J connectivity index is 2.28. The number of anilines is 1. The number of likely N-dealkylation sites (N-methyl/N-ethyl adjacent to an activating group) is 1. The molecule has 2 rings (SSSR count). The van der Waals surface area contributed by atoms with Gasteiger partial charge in [-0.05, 0) is 44.3 Å². The van der Waals surface area contributed by atoms with Gasteiger partial charge < -0.3 is 20.6 Å². The molecule has 1 aromatic rings. The van der Waals surface area contributed by atoms with Crippen molar-refractivity contribution in [1.29, 1.82) is 0 Å². The first-order chi connectivity index (χ1) is 9.01. The Morgan fingerprint density at radius 2 is 2.21 bits per heavy atom. The van der Waals surface area contributed by atoms with E-state index in [2.05, 4.69) is 23.9 Å². The molecule has 19 heavy (non-hydrogen) atoms. The number of β-amino-alcohol motifs (C(OH)–C–C–N with tert-alkyl or cyclic N) is 1. The molecule has 1 saturated heterocycles. The van der Waals surface area contributed by atoms with E-state index in [0.29, 0.717) is 24.2 Å². The van der Waals surface area contributed by atoms with Crippen molar-refractivity contribution in [1.82, 2.24) is 4.90 Å². The van der Waals surface area contributed by atoms with Crippen molar-refractivity contribution in [3.05, 3.63) is 28.8 Å². The highest BCUT2D eigenvalue weighted by Gasteiger charge is 2.32. The van der Waals surface area contributed by atoms with Crippen molar-refractivity contribution in [2.75, 3.05) is 32.1 Å². The standard InChI is InChI=1S/C14H22ClN3O/c1-17(2)8-12-6-13(19)9-18(12)14-4-3-11(15)5-10(14)7-16/h3-5,12-13,19H,6-9,16H2,1-2H3. The number of nitrogens with two attached hydrogens (primary N) is 1. The highest BCUT2D eigenvalue weighted by Crippen LogP contribution is 2.30. The Labute approximate surface area is 119 Å². The molecule has 1 aliphatic rings. The minimum Gasteiger partial charge on any atom is -0.391 e. The van der Waals surface area contributed by atoms with Crippen LogP contribution in [0.2, 0.25) is 5.02 Å². The van der Waals surface area contributed by atoms with Crippen LogP contribution in [0.4, 0.5) is 5.69 Å². The molecule has 0 aromatic heterocycles. The fourth-order valence-electron chi connectivity index (χ4n) is 2.78. The van der Waals surface area contributed by atoms with Gasteiger partial charge in [0.15, 0.2) is 0 Å². The second kappa shape index (κ2) is 6.09. The van der Waals surface area contributed by atoms with Gasteiger partial charge in [-0.25, -0.2) is 0 Å². The van der Waals surface area contributed by atoms with Gasteiger partial charge in [-0.15, -0.1) is 0 Å². The number of halogens is 1. The highest BCUT2D eigenvalue weighted by atomic mass is 35.5. The molecule has 2 unspecified atom stereocenters. The number of hydrogen-bond donors (Lipinski definition) is 2. The van der Waals surface area contributed by atoms with Crippen LogP contribution in [0.15, 0.2) is 18.2 Å². The largest absolute Gasteiger partial charge is 0.391 e. The molecule has 5 heteroatoms. The van der Waals surface area contributed by atoms with Crippen molar-refractivity contribution in [3.63, 3.8) is 0 Å². The zero-order valence-corrected chi connectivity index (χ0v) is 12.3. The molecule has 0 aliphatic carbocycles. The van der Waals surface area contributed by atoms with Gasteiger partial charge in [0.05, 0.1) is 6.10 Å². The van der Waals surface area contributed by atoms with E-state index in [1.807, 2.05) is 18.2 Å². The van der Waals surface area contributed by atoms with Crippen molar-refractivity contribution in [2.45, 2.75) is 25.1 Å². The molecular weight excluding hydrogens is 262 g/mol. The first-order valence-electron chi connectivity index (χ1n) is 6.59. The predicted molar refractivity (Wildman–Crippen MR) is 79.7 cm³/mol. The summed E-state index contributed by atoms with van der Waals surface area (Å²) in [6.07, 6.45) is 0.524. The maximum Gasteiger partial charge on any atom is 0.0735 e. The number of hydrogen-bond acceptors (Lipinski definition) is 4. The van der Waals surface area contributed by atoms with Gasteiger partial charge in [0.1, 0.15) is 0 Å². The molecule has 0 radical (unpaired) electrons. The normalized spacial score (nSPS) is 23.4. The molecule has 106 valence electrons. The number of aliphatic hydroxyl groups excluding tert-OH is 1. The van der Waals surface area contributed by atoms with Gasteiger partial charge in [-0.3, -0.25) is 0 Å². The molecule has 0 amide bonds. The topological polar surface area (TPSA) is 52.7 Å². The molecule has 4 nitrogen and oxygen atoms in total. The average Bonchev–Trinajstić information content (AvgIpc) is 2.69. The van der Waals surface area contributed by atoms with Crippen molar-refractivity contribution in [2.24, 2.45) is 5.73 Å². The summed E-state index contributed by atoms with van der Waals surface area (Å²) in [7, 11) is 4.10. The van der Waals surface area contributed by atoms with Gasteiger partial charge in [-0.2, -0.15) is 0 Å². The van der Waals surface area contributed by atoms with Gasteiger partial charge in [-0.1, -0.05) is 11.6 Å². The maximum atomic E-state index is 9.94. The first kappa shape index (κ1) is 14.6. The smallest absolute Gasteiger partial charge is 0.0735 e. The minimum absolute atomic E-state index is 0.272. The number of rotatable bonds is 4. The highest BCUT2D eigenvalue weighted by molar-refractivity contribution is 6.30. The fourth-order valence-corrected chi connectivity index (χ4v) is 2.97. The summed E-state index contributed by atoms with van der Waals surface area (Å²) in [6, 6.07) is 6.11. The third-order valence-electron chi connectivity index (χ3n) is 3.54. The maximum absolute atomic E-state index is 9.94. The Morgan fingerprint density at radius 1 is 1.47 bits per heavy atom. The van der Waals surface area contributed by atoms with Crippen LogP contribution in [-0.2, 0) is 6.54 Å². The molecular formula is C14H22ClN3O. The van der Waals surface area contributed by atoms with E-state index in [-0.39, 0.29) is 6.10 Å². The first-order valence-corrected chi connectivity index (χ1v) is 6.97. The van der Waals surface area contributed by atoms with E-state index < -0.39 is 0 Å². The quantitative estimate of drug-likeness (QED) is 0.875. The van der Waals surface area contributed by atoms with Crippen molar-refractivity contribution < 1.29 is 5.11 Å². The summed E-state index contributed by atoms with van der Waals surface area (Å²) in [5.41, 5.74) is 7.94. The summed E-state index contributed by atoms with van der Waals surface area (Å²) < 4.78 is 0. The summed E-state index contributed by atoms with van der Waals surface area (Å²) in [6.45, 7) is 2.04. The minimum atomic E-state index is -0.272. The molecule has 1 aromatic carbocycles. The molecule has 0 saturated carbocycles. The molecule has 0 spiro atoms. The Kier molecular flexibility index (Phi) is 4.68. The number of aliphatic hydroxyl groups is 1. The second-order valence-corrected chi connectivity index (χ2v) is 5.87. The summed E-state index contributed by atoms with van der Waals surface area (Å²) in [5, 5.41) is 10.6. The predicted octanol–water partition coefficient (Wildman–Crippen LogP) is 1.30. The van der Waals surface area contributed by atoms with Crippen LogP contribution in [-0.4, -0.2) is 49.3 Å². The van der Waals surface area contributed by atoms with E-state index in [0.717, 1.165) is 24.2 Å². The molecule has 3 N–H and O–H groups in total. The van der Waals surface area contributed by atoms with Crippen molar-refractivity contribution in [3.8, 4) is 0 Å². The van der Waals surface area contributed by atoms with Crippen LogP contribution in [0.3, 0.4) is 0 Å². The van der Waals surface area contributed by atoms with Crippen LogP contribution in [0.25, 0.3) is 0 Å². The summed E-state index contributed by atoms with van der Waals surface area (Å²) in [5.74, 6) is 0. The lowest BCUT2D eigenvalue weighted by Gasteiger charge is -2.30. The van der Waals surface area contributed by atoms with Crippen LogP contribution in [0, 0.1) is 0 Å². The fraction of sp³-hybridized carbons (Fsp3) is 0.571. The second-order valence-electron chi connectivity index (χ2n) is 5.44. The lowest BCUT2D eigenvalue weighted by atomic mass is 10.1. The SMILES string of the molecule is CN(C)CC1CC(O)CN1c1ccc(Cl)cc1CN. The summed E-state index contributed by atoms with van der Waals surface area (Å²) >= 11 is 6.02. The molecule has 0 bridgehead atoms. The van der Waals surface area contributed by atoms with Crippen molar-refractivity contribution >= 4 is 17.3 Å². The molecule has 2 atom stereocenters. The van der Waals surface area contributed by atoms with E-state index >= 15 is 0 Å². The summed E-state index contributed by atoms with van der Waals surface area (Å²) in [4.78, 5) is 4.40. The lowest BCUT2D eigenvalue weighted by Crippen LogP contribution is -2.38. The monoisotopic (exact) mass is 283 g/mol. The zero-order valence-electron chi connectivity index (χ0n) is 11.5. The average molecular weight is 284 g/mol. The van der Waals surface area contributed by atoms with Gasteiger partial charge in [0.2, 0.25) is 0 Å². The zero-order chi connectivity index (χ0) is 14.0. The van der Waals surface area contributed by atoms with E-state index in [4.69, 9.17) is 17.3 Å². The van der Waals surface area contributed by atoms with Crippen LogP contribution >= 0.6 is 11.6 Å². The molecule has 1 fully saturated rings. The molecule has 1 aliphatic heterocycles. The van der Waals surface area contributed by atoms with Crippen LogP contribution < -0.4 is 10.6 Å². The lowest BCUT2D eigenvalue weighted by molar-refractivity contribution is 0.191. The Bertz CT molecular complexity index is 439. The van der Waals surface area contributed by atoms with Gasteiger partial charge in [0, 0.05) is 36.4 Å². The van der Waals surface area contributed by atoms with Crippen LogP contribution in [0.5, 0.6) is 0 Å². The third kappa shape index (κ3) is 3.39. The number of nitrogens with zero attached hydrogens (tertiary/aromatic N) is 2. The Hall–Kier alpha value is -0.810. The van der Waals surface area contributed by atoms with Gasteiger partial charge in [0.25, 0.3) is 0 Å². The van der Waals surface area contributed by atoms with Gasteiger partial charge >= 0.3 is 0 Å². The van der Waals surface area contributed by atoms with E-state index in [1.54, 1.807) is 0 Å². The van der Waals surface area contributed by atoms with Crippen LogP contribution in [0.1, 0.15) is 12.0 Å².